The van der Waals surface area contributed by atoms with Gasteiger partial charge < -0.3 is 10.9 Å². The van der Waals surface area contributed by atoms with Crippen LogP contribution in [0.5, 0.6) is 0 Å². The van der Waals surface area contributed by atoms with Crippen LogP contribution in [0.1, 0.15) is 11.1 Å². The highest BCUT2D eigenvalue weighted by molar-refractivity contribution is 8.00. The lowest BCUT2D eigenvalue weighted by atomic mass is 10.1. The Labute approximate surface area is 123 Å². The van der Waals surface area contributed by atoms with E-state index in [1.165, 1.54) is 6.07 Å². The lowest BCUT2D eigenvalue weighted by Gasteiger charge is -2.13. The van der Waals surface area contributed by atoms with Crippen LogP contribution in [0.25, 0.3) is 0 Å². The summed E-state index contributed by atoms with van der Waals surface area (Å²) in [7, 11) is -3.17. The smallest absolute Gasteiger partial charge is 0.409 e. The van der Waals surface area contributed by atoms with Crippen molar-refractivity contribution in [1.82, 2.24) is 0 Å². The van der Waals surface area contributed by atoms with Gasteiger partial charge in [0, 0.05) is 22.5 Å². The van der Waals surface area contributed by atoms with Gasteiger partial charge in [-0.15, -0.1) is 11.8 Å². The van der Waals surface area contributed by atoms with E-state index in [2.05, 4.69) is 5.16 Å². The first kappa shape index (κ1) is 17.6. The summed E-state index contributed by atoms with van der Waals surface area (Å²) >= 11 is 0.983. The highest BCUT2D eigenvalue weighted by Crippen LogP contribution is 2.34. The first-order chi connectivity index (χ1) is 9.54. The number of hydrogen-bond donors (Lipinski definition) is 2. The Morgan fingerprint density at radius 2 is 2.05 bits per heavy atom. The normalized spacial score (nSPS) is 13.4. The Morgan fingerprint density at radius 1 is 1.43 bits per heavy atom. The summed E-state index contributed by atoms with van der Waals surface area (Å²) in [6, 6.07) is 3.29. The highest BCUT2D eigenvalue weighted by Gasteiger charge is 2.34. The highest BCUT2D eigenvalue weighted by atomic mass is 32.2. The third kappa shape index (κ3) is 5.46. The molecule has 1 rings (SSSR count). The summed E-state index contributed by atoms with van der Waals surface area (Å²) in [5, 5.41) is 11.1. The van der Waals surface area contributed by atoms with Crippen molar-refractivity contribution in [2.75, 3.05) is 17.8 Å². The molecule has 0 aliphatic rings. The summed E-state index contributed by atoms with van der Waals surface area (Å²) in [6.07, 6.45) is -3.62. The molecular formula is C11H13F3N2O3S2. The summed E-state index contributed by atoms with van der Waals surface area (Å²) in [5.74, 6) is -0.643. The number of thioether (sulfide) groups is 1. The topological polar surface area (TPSA) is 92.8 Å². The van der Waals surface area contributed by atoms with E-state index in [0.717, 1.165) is 30.2 Å². The number of sulfone groups is 1. The number of oxime groups is 1. The van der Waals surface area contributed by atoms with Gasteiger partial charge in [-0.25, -0.2) is 8.42 Å². The van der Waals surface area contributed by atoms with E-state index < -0.39 is 33.0 Å². The van der Waals surface area contributed by atoms with Gasteiger partial charge in [0.1, 0.15) is 9.84 Å². The van der Waals surface area contributed by atoms with Crippen LogP contribution >= 0.6 is 11.8 Å². The maximum Gasteiger partial charge on any atom is 0.417 e. The molecule has 5 nitrogen and oxygen atoms in total. The number of nitrogens with two attached hydrogens (primary N) is 1. The van der Waals surface area contributed by atoms with Crippen molar-refractivity contribution in [1.29, 1.82) is 0 Å². The molecule has 0 unspecified atom stereocenters. The third-order valence-corrected chi connectivity index (χ3v) is 4.60. The Morgan fingerprint density at radius 3 is 2.52 bits per heavy atom. The Bertz CT molecular complexity index is 643. The van der Waals surface area contributed by atoms with Gasteiger partial charge in [0.25, 0.3) is 0 Å². The quantitative estimate of drug-likeness (QED) is 0.280. The summed E-state index contributed by atoms with van der Waals surface area (Å²) in [4.78, 5) is 0.250. The average molecular weight is 342 g/mol. The zero-order valence-corrected chi connectivity index (χ0v) is 12.5. The van der Waals surface area contributed by atoms with Crippen molar-refractivity contribution in [2.24, 2.45) is 10.9 Å². The Balaban J connectivity index is 3.06. The van der Waals surface area contributed by atoms with E-state index in [0.29, 0.717) is 0 Å². The SMILES string of the molecule is CS(=O)(=O)CCSc1ccc(C(N)=NO)c(C(F)(F)F)c1. The largest absolute Gasteiger partial charge is 0.417 e. The number of hydrogen-bond acceptors (Lipinski definition) is 5. The average Bonchev–Trinajstić information content (AvgIpc) is 2.35. The molecule has 0 amide bonds. The van der Waals surface area contributed by atoms with Crippen LogP contribution < -0.4 is 5.73 Å². The lowest BCUT2D eigenvalue weighted by Crippen LogP contribution is -2.20. The van der Waals surface area contributed by atoms with Crippen LogP contribution in [0.2, 0.25) is 0 Å². The van der Waals surface area contributed by atoms with Gasteiger partial charge in [0.15, 0.2) is 5.84 Å². The van der Waals surface area contributed by atoms with E-state index in [1.807, 2.05) is 0 Å². The summed E-state index contributed by atoms with van der Waals surface area (Å²) in [5.41, 5.74) is 3.74. The molecule has 0 saturated carbocycles. The van der Waals surface area contributed by atoms with Crippen molar-refractivity contribution in [3.05, 3.63) is 29.3 Å². The van der Waals surface area contributed by atoms with E-state index in [1.54, 1.807) is 0 Å². The third-order valence-electron chi connectivity index (χ3n) is 2.40. The van der Waals surface area contributed by atoms with Crippen molar-refractivity contribution >= 4 is 27.4 Å². The molecule has 0 aliphatic carbocycles. The lowest BCUT2D eigenvalue weighted by molar-refractivity contribution is -0.137. The number of halogens is 3. The molecule has 0 aliphatic heterocycles. The molecule has 1 aromatic rings. The van der Waals surface area contributed by atoms with Crippen molar-refractivity contribution in [3.63, 3.8) is 0 Å². The second-order valence-corrected chi connectivity index (χ2v) is 7.60. The van der Waals surface area contributed by atoms with Crippen molar-refractivity contribution in [3.8, 4) is 0 Å². The minimum atomic E-state index is -4.67. The molecule has 0 atom stereocenters. The Kier molecular flexibility index (Phi) is 5.51. The molecule has 0 bridgehead atoms. The maximum atomic E-state index is 12.9. The number of nitrogens with zero attached hydrogens (tertiary/aromatic N) is 1. The number of amidine groups is 1. The number of benzene rings is 1. The van der Waals surface area contributed by atoms with E-state index in [-0.39, 0.29) is 16.4 Å². The first-order valence-corrected chi connectivity index (χ1v) is 8.59. The molecule has 0 aromatic heterocycles. The van der Waals surface area contributed by atoms with Gasteiger partial charge in [-0.3, -0.25) is 0 Å². The van der Waals surface area contributed by atoms with Gasteiger partial charge in [0.2, 0.25) is 0 Å². The van der Waals surface area contributed by atoms with Crippen LogP contribution in [0.3, 0.4) is 0 Å². The molecule has 0 heterocycles. The maximum absolute atomic E-state index is 12.9. The van der Waals surface area contributed by atoms with Gasteiger partial charge >= 0.3 is 6.18 Å². The standard InChI is InChI=1S/C11H13F3N2O3S2/c1-21(18,19)5-4-20-7-2-3-8(10(15)16-17)9(6-7)11(12,13)14/h2-3,6,17H,4-5H2,1H3,(H2,15,16). The molecular weight excluding hydrogens is 329 g/mol. The number of alkyl halides is 3. The molecule has 0 radical (unpaired) electrons. The molecule has 118 valence electrons. The fourth-order valence-corrected chi connectivity index (χ4v) is 3.58. The number of rotatable bonds is 5. The van der Waals surface area contributed by atoms with Crippen LogP contribution in [0, 0.1) is 0 Å². The molecule has 1 aromatic carbocycles. The second kappa shape index (κ2) is 6.56. The van der Waals surface area contributed by atoms with Gasteiger partial charge in [-0.2, -0.15) is 13.2 Å². The van der Waals surface area contributed by atoms with Crippen LogP contribution in [0.4, 0.5) is 13.2 Å². The predicted molar refractivity (Wildman–Crippen MR) is 74.4 cm³/mol. The fourth-order valence-electron chi connectivity index (χ4n) is 1.44. The van der Waals surface area contributed by atoms with Gasteiger partial charge in [-0.05, 0) is 18.2 Å². The zero-order valence-electron chi connectivity index (χ0n) is 10.9. The summed E-state index contributed by atoms with van der Waals surface area (Å²) in [6.45, 7) is 0. The zero-order chi connectivity index (χ0) is 16.3. The van der Waals surface area contributed by atoms with Crippen LogP contribution in [0.15, 0.2) is 28.3 Å². The van der Waals surface area contributed by atoms with Crippen molar-refractivity contribution in [2.45, 2.75) is 11.1 Å². The van der Waals surface area contributed by atoms with E-state index in [9.17, 15) is 21.6 Å². The predicted octanol–water partition coefficient (Wildman–Crippen LogP) is 1.94. The molecule has 0 fully saturated rings. The fraction of sp³-hybridized carbons (Fsp3) is 0.364. The molecule has 21 heavy (non-hydrogen) atoms. The van der Waals surface area contributed by atoms with Crippen LogP contribution in [-0.4, -0.2) is 37.2 Å². The van der Waals surface area contributed by atoms with Gasteiger partial charge in [0.05, 0.1) is 11.3 Å². The van der Waals surface area contributed by atoms with Crippen LogP contribution in [-0.2, 0) is 16.0 Å². The minimum absolute atomic E-state index is 0.138. The van der Waals surface area contributed by atoms with E-state index in [4.69, 9.17) is 10.9 Å². The van der Waals surface area contributed by atoms with Gasteiger partial charge in [-0.1, -0.05) is 5.16 Å². The molecule has 3 N–H and O–H groups in total. The Hall–Kier alpha value is -1.42. The van der Waals surface area contributed by atoms with Crippen molar-refractivity contribution < 1.29 is 26.8 Å². The molecule has 0 saturated heterocycles. The second-order valence-electron chi connectivity index (χ2n) is 4.17. The summed E-state index contributed by atoms with van der Waals surface area (Å²) < 4.78 is 60.8. The minimum Gasteiger partial charge on any atom is -0.409 e. The molecule has 0 spiro atoms. The van der Waals surface area contributed by atoms with E-state index >= 15 is 0 Å². The first-order valence-electron chi connectivity index (χ1n) is 5.54. The monoisotopic (exact) mass is 342 g/mol. The molecule has 10 heteroatoms.